The van der Waals surface area contributed by atoms with Crippen molar-refractivity contribution in [3.05, 3.63) is 24.0 Å². The van der Waals surface area contributed by atoms with Crippen molar-refractivity contribution < 1.29 is 26.4 Å². The molecule has 10 heteroatoms. The van der Waals surface area contributed by atoms with Crippen LogP contribution in [0.15, 0.2) is 24.0 Å². The van der Waals surface area contributed by atoms with Gasteiger partial charge < -0.3 is 5.73 Å². The number of hydrogen-bond donors (Lipinski definition) is 1. The third kappa shape index (κ3) is 6.08. The fraction of sp³-hybridized carbons (Fsp3) is 0.400. The van der Waals surface area contributed by atoms with Gasteiger partial charge in [-0.25, -0.2) is 16.8 Å². The molecule has 0 aromatic rings. The molecule has 0 aliphatic heterocycles. The van der Waals surface area contributed by atoms with E-state index in [1.54, 1.807) is 0 Å². The number of nitrogens with two attached hydrogens (primary N) is 1. The number of sulfone groups is 2. The summed E-state index contributed by atoms with van der Waals surface area (Å²) in [6, 6.07) is 0. The molecule has 0 heterocycles. The fourth-order valence-electron chi connectivity index (χ4n) is 1.14. The molecule has 0 saturated carbocycles. The van der Waals surface area contributed by atoms with E-state index in [9.17, 15) is 26.4 Å². The molecule has 0 unspecified atom stereocenters. The highest BCUT2D eigenvalue weighted by Gasteiger charge is 2.27. The number of hydrogen-bond acceptors (Lipinski definition) is 7. The van der Waals surface area contributed by atoms with Gasteiger partial charge in [-0.3, -0.25) is 14.5 Å². The van der Waals surface area contributed by atoms with Crippen LogP contribution in [-0.4, -0.2) is 58.1 Å². The number of rotatable bonds is 8. The van der Waals surface area contributed by atoms with Gasteiger partial charge in [-0.1, -0.05) is 13.2 Å². The van der Waals surface area contributed by atoms with Crippen LogP contribution in [0.3, 0.4) is 0 Å². The zero-order chi connectivity index (χ0) is 16.0. The SMILES string of the molecule is C=CS(=O)(=O)CC(=O)N(CCN)C(=O)CS(=O)(=O)C=C. The third-order valence-corrected chi connectivity index (χ3v) is 4.43. The predicted molar refractivity (Wildman–Crippen MR) is 73.7 cm³/mol. The van der Waals surface area contributed by atoms with Crippen LogP contribution in [0, 0.1) is 0 Å². The molecule has 0 atom stereocenters. The summed E-state index contributed by atoms with van der Waals surface area (Å²) < 4.78 is 45.0. The zero-order valence-corrected chi connectivity index (χ0v) is 12.3. The summed E-state index contributed by atoms with van der Waals surface area (Å²) >= 11 is 0. The Bertz CT molecular complexity index is 554. The van der Waals surface area contributed by atoms with E-state index in [4.69, 9.17) is 5.73 Å². The van der Waals surface area contributed by atoms with Gasteiger partial charge in [0, 0.05) is 23.9 Å². The van der Waals surface area contributed by atoms with Crippen molar-refractivity contribution in [2.45, 2.75) is 0 Å². The van der Waals surface area contributed by atoms with Crippen molar-refractivity contribution in [3.8, 4) is 0 Å². The summed E-state index contributed by atoms with van der Waals surface area (Å²) in [6.45, 7) is 5.66. The monoisotopic (exact) mass is 324 g/mol. The summed E-state index contributed by atoms with van der Waals surface area (Å²) in [4.78, 5) is 24.0. The van der Waals surface area contributed by atoms with Crippen molar-refractivity contribution in [2.24, 2.45) is 5.73 Å². The van der Waals surface area contributed by atoms with E-state index in [2.05, 4.69) is 13.2 Å². The molecule has 2 amide bonds. The molecule has 0 aliphatic carbocycles. The van der Waals surface area contributed by atoms with Gasteiger partial charge >= 0.3 is 0 Å². The first kappa shape index (κ1) is 18.5. The van der Waals surface area contributed by atoms with E-state index in [-0.39, 0.29) is 13.1 Å². The largest absolute Gasteiger partial charge is 0.329 e. The van der Waals surface area contributed by atoms with Crippen molar-refractivity contribution in [3.63, 3.8) is 0 Å². The molecule has 0 fully saturated rings. The second-order valence-corrected chi connectivity index (χ2v) is 7.57. The van der Waals surface area contributed by atoms with Gasteiger partial charge in [0.2, 0.25) is 11.8 Å². The van der Waals surface area contributed by atoms with Gasteiger partial charge in [0.25, 0.3) is 0 Å². The van der Waals surface area contributed by atoms with Crippen LogP contribution in [0.1, 0.15) is 0 Å². The normalized spacial score (nSPS) is 11.7. The maximum absolute atomic E-state index is 11.7. The first-order valence-corrected chi connectivity index (χ1v) is 8.75. The van der Waals surface area contributed by atoms with Crippen LogP contribution in [0.2, 0.25) is 0 Å². The number of carbonyl (C=O) groups is 2. The van der Waals surface area contributed by atoms with Crippen LogP contribution in [0.4, 0.5) is 0 Å². The van der Waals surface area contributed by atoms with Crippen molar-refractivity contribution in [2.75, 3.05) is 24.6 Å². The Balaban J connectivity index is 5.15. The van der Waals surface area contributed by atoms with Gasteiger partial charge in [0.15, 0.2) is 19.7 Å². The minimum Gasteiger partial charge on any atom is -0.329 e. The lowest BCUT2D eigenvalue weighted by Crippen LogP contribution is -2.45. The number of carbonyl (C=O) groups excluding carboxylic acids is 2. The maximum atomic E-state index is 11.7. The molecular formula is C10H16N2O6S2. The quantitative estimate of drug-likeness (QED) is 0.569. The average Bonchev–Trinajstić information content (AvgIpc) is 2.34. The minimum atomic E-state index is -3.85. The van der Waals surface area contributed by atoms with E-state index >= 15 is 0 Å². The molecule has 2 N–H and O–H groups in total. The summed E-state index contributed by atoms with van der Waals surface area (Å²) in [5, 5.41) is 1.16. The molecule has 114 valence electrons. The third-order valence-electron chi connectivity index (χ3n) is 2.11. The maximum Gasteiger partial charge on any atom is 0.244 e. The Morgan fingerprint density at radius 3 is 1.55 bits per heavy atom. The van der Waals surface area contributed by atoms with E-state index in [0.29, 0.717) is 15.7 Å². The predicted octanol–water partition coefficient (Wildman–Crippen LogP) is -1.58. The Kier molecular flexibility index (Phi) is 6.76. The van der Waals surface area contributed by atoms with E-state index in [0.717, 1.165) is 0 Å². The highest BCUT2D eigenvalue weighted by atomic mass is 32.2. The number of imide groups is 1. The standard InChI is InChI=1S/C10H16N2O6S2/c1-3-19(15,16)7-9(13)12(6-5-11)10(14)8-20(17,18)4-2/h3-4H,1-2,5-8,11H2. The molecule has 0 radical (unpaired) electrons. The minimum absolute atomic E-state index is 0.125. The average molecular weight is 324 g/mol. The van der Waals surface area contributed by atoms with E-state index in [1.807, 2.05) is 0 Å². The Morgan fingerprint density at radius 1 is 0.950 bits per heavy atom. The lowest BCUT2D eigenvalue weighted by Gasteiger charge is -2.19. The van der Waals surface area contributed by atoms with Gasteiger partial charge in [-0.15, -0.1) is 0 Å². The van der Waals surface area contributed by atoms with Crippen molar-refractivity contribution in [1.82, 2.24) is 4.90 Å². The molecule has 0 bridgehead atoms. The highest BCUT2D eigenvalue weighted by Crippen LogP contribution is 2.01. The van der Waals surface area contributed by atoms with Gasteiger partial charge in [-0.05, 0) is 0 Å². The molecule has 0 aliphatic rings. The number of amides is 2. The summed E-state index contributed by atoms with van der Waals surface area (Å²) in [5.41, 5.74) is 5.21. The van der Waals surface area contributed by atoms with Crippen LogP contribution in [-0.2, 0) is 29.3 Å². The van der Waals surface area contributed by atoms with Crippen LogP contribution in [0.25, 0.3) is 0 Å². The van der Waals surface area contributed by atoms with Crippen LogP contribution >= 0.6 is 0 Å². The molecule has 0 saturated heterocycles. The second-order valence-electron chi connectivity index (χ2n) is 3.68. The summed E-state index contributed by atoms with van der Waals surface area (Å²) in [6.07, 6.45) is 0. The Labute approximate surface area is 117 Å². The lowest BCUT2D eigenvalue weighted by atomic mass is 10.4. The highest BCUT2D eigenvalue weighted by molar-refractivity contribution is 7.95. The van der Waals surface area contributed by atoms with Gasteiger partial charge in [0.1, 0.15) is 11.5 Å². The molecular weight excluding hydrogens is 308 g/mol. The van der Waals surface area contributed by atoms with Crippen molar-refractivity contribution >= 4 is 31.5 Å². The van der Waals surface area contributed by atoms with Crippen molar-refractivity contribution in [1.29, 1.82) is 0 Å². The second kappa shape index (κ2) is 7.31. The molecule has 20 heavy (non-hydrogen) atoms. The first-order chi connectivity index (χ1) is 9.08. The molecule has 0 spiro atoms. The van der Waals surface area contributed by atoms with E-state index in [1.165, 1.54) is 0 Å². The summed E-state index contributed by atoms with van der Waals surface area (Å²) in [5.74, 6) is -4.06. The lowest BCUT2D eigenvalue weighted by molar-refractivity contribution is -0.141. The smallest absolute Gasteiger partial charge is 0.244 e. The van der Waals surface area contributed by atoms with Crippen LogP contribution in [0.5, 0.6) is 0 Å². The first-order valence-electron chi connectivity index (χ1n) is 5.32. The Hall–Kier alpha value is -1.52. The number of nitrogens with zero attached hydrogens (tertiary/aromatic N) is 1. The molecule has 8 nitrogen and oxygen atoms in total. The summed E-state index contributed by atoms with van der Waals surface area (Å²) in [7, 11) is -7.71. The van der Waals surface area contributed by atoms with E-state index < -0.39 is 43.0 Å². The Morgan fingerprint density at radius 2 is 1.30 bits per heavy atom. The van der Waals surface area contributed by atoms with Gasteiger partial charge in [0.05, 0.1) is 0 Å². The fourth-order valence-corrected chi connectivity index (χ4v) is 2.37. The topological polar surface area (TPSA) is 132 Å². The molecule has 0 rings (SSSR count). The van der Waals surface area contributed by atoms with Gasteiger partial charge in [-0.2, -0.15) is 0 Å². The molecule has 0 aromatic carbocycles. The zero-order valence-electron chi connectivity index (χ0n) is 10.7. The molecule has 0 aromatic heterocycles. The van der Waals surface area contributed by atoms with Crippen LogP contribution < -0.4 is 5.73 Å².